The van der Waals surface area contributed by atoms with E-state index < -0.39 is 5.92 Å². The van der Waals surface area contributed by atoms with E-state index in [2.05, 4.69) is 20.4 Å². The highest BCUT2D eigenvalue weighted by Gasteiger charge is 2.16. The lowest BCUT2D eigenvalue weighted by molar-refractivity contribution is -0.122. The molecule has 1 aromatic heterocycles. The fourth-order valence-corrected chi connectivity index (χ4v) is 1.11. The van der Waals surface area contributed by atoms with Crippen molar-refractivity contribution in [1.82, 2.24) is 15.3 Å². The number of hydrogen-bond acceptors (Lipinski definition) is 4. The highest BCUT2D eigenvalue weighted by Crippen LogP contribution is 1.95. The van der Waals surface area contributed by atoms with Gasteiger partial charge < -0.3 is 21.2 Å². The summed E-state index contributed by atoms with van der Waals surface area (Å²) in [6, 6.07) is 0. The van der Waals surface area contributed by atoms with Crippen LogP contribution in [0.25, 0.3) is 0 Å². The van der Waals surface area contributed by atoms with Gasteiger partial charge in [0.15, 0.2) is 5.84 Å². The van der Waals surface area contributed by atoms with Gasteiger partial charge in [-0.2, -0.15) is 0 Å². The molecule has 0 aromatic carbocycles. The van der Waals surface area contributed by atoms with Gasteiger partial charge in [0.2, 0.25) is 5.91 Å². The number of oxime groups is 1. The minimum absolute atomic E-state index is 0.101. The zero-order valence-corrected chi connectivity index (χ0v) is 8.97. The van der Waals surface area contributed by atoms with E-state index in [4.69, 9.17) is 10.9 Å². The quantitative estimate of drug-likeness (QED) is 0.233. The lowest BCUT2D eigenvalue weighted by Crippen LogP contribution is -2.38. The molecule has 1 atom stereocenters. The SMILES string of the molecule is CC(C(=O)NCCc1ncc[nH]1)/C(N)=N/O. The first kappa shape index (κ1) is 12.0. The first-order valence-electron chi connectivity index (χ1n) is 4.88. The zero-order chi connectivity index (χ0) is 12.0. The summed E-state index contributed by atoms with van der Waals surface area (Å²) in [4.78, 5) is 18.4. The van der Waals surface area contributed by atoms with Crippen molar-refractivity contribution in [1.29, 1.82) is 0 Å². The smallest absolute Gasteiger partial charge is 0.230 e. The minimum Gasteiger partial charge on any atom is -0.409 e. The van der Waals surface area contributed by atoms with Gasteiger partial charge in [-0.25, -0.2) is 4.98 Å². The maximum absolute atomic E-state index is 11.5. The molecule has 0 aliphatic rings. The molecule has 0 spiro atoms. The van der Waals surface area contributed by atoms with E-state index in [1.807, 2.05) is 0 Å². The first-order chi connectivity index (χ1) is 7.65. The number of nitrogens with two attached hydrogens (primary N) is 1. The van der Waals surface area contributed by atoms with Crippen LogP contribution in [0.2, 0.25) is 0 Å². The van der Waals surface area contributed by atoms with Crippen molar-refractivity contribution in [3.05, 3.63) is 18.2 Å². The lowest BCUT2D eigenvalue weighted by Gasteiger charge is -2.09. The van der Waals surface area contributed by atoms with Gasteiger partial charge in [-0.15, -0.1) is 0 Å². The van der Waals surface area contributed by atoms with Crippen LogP contribution < -0.4 is 11.1 Å². The predicted octanol–water partition coefficient (Wildman–Crippen LogP) is -0.549. The molecule has 7 heteroatoms. The Morgan fingerprint density at radius 1 is 1.81 bits per heavy atom. The number of nitrogens with zero attached hydrogens (tertiary/aromatic N) is 2. The Kier molecular flexibility index (Phi) is 4.31. The van der Waals surface area contributed by atoms with Crippen LogP contribution in [0, 0.1) is 5.92 Å². The van der Waals surface area contributed by atoms with Gasteiger partial charge in [0.25, 0.3) is 0 Å². The molecule has 1 unspecified atom stereocenters. The molecule has 7 nitrogen and oxygen atoms in total. The van der Waals surface area contributed by atoms with Crippen molar-refractivity contribution < 1.29 is 10.0 Å². The average molecular weight is 225 g/mol. The van der Waals surface area contributed by atoms with Crippen LogP contribution in [0.4, 0.5) is 0 Å². The topological polar surface area (TPSA) is 116 Å². The van der Waals surface area contributed by atoms with Crippen LogP contribution in [-0.4, -0.2) is 33.5 Å². The van der Waals surface area contributed by atoms with Crippen molar-refractivity contribution in [2.75, 3.05) is 6.54 Å². The summed E-state index contributed by atoms with van der Waals surface area (Å²) in [6.45, 7) is 2.02. The lowest BCUT2D eigenvalue weighted by atomic mass is 10.1. The number of rotatable bonds is 5. The fraction of sp³-hybridized carbons (Fsp3) is 0.444. The Balaban J connectivity index is 2.30. The number of hydrogen-bond donors (Lipinski definition) is 4. The van der Waals surface area contributed by atoms with Crippen LogP contribution in [0.3, 0.4) is 0 Å². The summed E-state index contributed by atoms with van der Waals surface area (Å²) in [5, 5.41) is 13.8. The van der Waals surface area contributed by atoms with E-state index in [0.717, 1.165) is 5.82 Å². The molecular formula is C9H15N5O2. The van der Waals surface area contributed by atoms with Crippen molar-refractivity contribution >= 4 is 11.7 Å². The van der Waals surface area contributed by atoms with Crippen molar-refractivity contribution in [2.24, 2.45) is 16.8 Å². The Hall–Kier alpha value is -2.05. The number of imidazole rings is 1. The summed E-state index contributed by atoms with van der Waals surface area (Å²) in [5.74, 6) is -0.212. The van der Waals surface area contributed by atoms with E-state index in [0.29, 0.717) is 13.0 Å². The minimum atomic E-state index is -0.637. The van der Waals surface area contributed by atoms with E-state index in [1.165, 1.54) is 0 Å². The van der Waals surface area contributed by atoms with Gasteiger partial charge in [-0.1, -0.05) is 5.16 Å². The van der Waals surface area contributed by atoms with Crippen LogP contribution >= 0.6 is 0 Å². The van der Waals surface area contributed by atoms with Gasteiger partial charge >= 0.3 is 0 Å². The molecule has 0 bridgehead atoms. The zero-order valence-electron chi connectivity index (χ0n) is 8.97. The molecule has 0 saturated heterocycles. The second-order valence-electron chi connectivity index (χ2n) is 3.32. The van der Waals surface area contributed by atoms with Crippen LogP contribution in [0.1, 0.15) is 12.7 Å². The van der Waals surface area contributed by atoms with E-state index in [1.54, 1.807) is 19.3 Å². The predicted molar refractivity (Wildman–Crippen MR) is 57.9 cm³/mol. The number of H-pyrrole nitrogens is 1. The van der Waals surface area contributed by atoms with Gasteiger partial charge in [0.05, 0.1) is 5.92 Å². The number of aromatic amines is 1. The molecule has 16 heavy (non-hydrogen) atoms. The number of carbonyl (C=O) groups excluding carboxylic acids is 1. The molecule has 1 aromatic rings. The maximum atomic E-state index is 11.5. The molecule has 88 valence electrons. The molecule has 0 aliphatic heterocycles. The first-order valence-corrected chi connectivity index (χ1v) is 4.88. The third kappa shape index (κ3) is 3.26. The van der Waals surface area contributed by atoms with Crippen molar-refractivity contribution in [2.45, 2.75) is 13.3 Å². The summed E-state index contributed by atoms with van der Waals surface area (Å²) >= 11 is 0. The Labute approximate surface area is 92.7 Å². The Morgan fingerprint density at radius 2 is 2.56 bits per heavy atom. The number of amides is 1. The van der Waals surface area contributed by atoms with Gasteiger partial charge in [-0.05, 0) is 6.92 Å². The summed E-state index contributed by atoms with van der Waals surface area (Å²) in [5.41, 5.74) is 5.30. The second kappa shape index (κ2) is 5.74. The van der Waals surface area contributed by atoms with Crippen LogP contribution in [-0.2, 0) is 11.2 Å². The largest absolute Gasteiger partial charge is 0.409 e. The second-order valence-corrected chi connectivity index (χ2v) is 3.32. The molecule has 1 rings (SSSR count). The van der Waals surface area contributed by atoms with Gasteiger partial charge in [0, 0.05) is 25.4 Å². The van der Waals surface area contributed by atoms with E-state index in [9.17, 15) is 4.79 Å². The number of amidine groups is 1. The average Bonchev–Trinajstić information content (AvgIpc) is 2.79. The van der Waals surface area contributed by atoms with E-state index >= 15 is 0 Å². The monoisotopic (exact) mass is 225 g/mol. The van der Waals surface area contributed by atoms with Gasteiger partial charge in [0.1, 0.15) is 5.82 Å². The third-order valence-corrected chi connectivity index (χ3v) is 2.17. The molecule has 0 saturated carbocycles. The highest BCUT2D eigenvalue weighted by molar-refractivity contribution is 6.01. The van der Waals surface area contributed by atoms with E-state index in [-0.39, 0.29) is 11.7 Å². The third-order valence-electron chi connectivity index (χ3n) is 2.17. The molecule has 1 amide bonds. The Morgan fingerprint density at radius 3 is 3.12 bits per heavy atom. The number of nitrogens with one attached hydrogen (secondary N) is 2. The highest BCUT2D eigenvalue weighted by atomic mass is 16.4. The van der Waals surface area contributed by atoms with Crippen molar-refractivity contribution in [3.63, 3.8) is 0 Å². The van der Waals surface area contributed by atoms with Crippen molar-refractivity contribution in [3.8, 4) is 0 Å². The normalized spacial score (nSPS) is 13.4. The number of aromatic nitrogens is 2. The van der Waals surface area contributed by atoms with Crippen LogP contribution in [0.5, 0.6) is 0 Å². The molecule has 5 N–H and O–H groups in total. The van der Waals surface area contributed by atoms with Crippen LogP contribution in [0.15, 0.2) is 17.5 Å². The molecule has 0 aliphatic carbocycles. The summed E-state index contributed by atoms with van der Waals surface area (Å²) in [7, 11) is 0. The fourth-order valence-electron chi connectivity index (χ4n) is 1.11. The summed E-state index contributed by atoms with van der Waals surface area (Å²) in [6.07, 6.45) is 3.98. The maximum Gasteiger partial charge on any atom is 0.230 e. The standard InChI is InChI=1S/C9H15N5O2/c1-6(8(10)14-16)9(15)13-3-2-7-11-4-5-12-7/h4-6,16H,2-3H2,1H3,(H2,10,14)(H,11,12)(H,13,15). The number of carbonyl (C=O) groups is 1. The van der Waals surface area contributed by atoms with Gasteiger partial charge in [-0.3, -0.25) is 4.79 Å². The molecule has 0 radical (unpaired) electrons. The summed E-state index contributed by atoms with van der Waals surface area (Å²) < 4.78 is 0. The molecule has 1 heterocycles. The molecular weight excluding hydrogens is 210 g/mol. The Bertz CT molecular complexity index is 360. The molecule has 0 fully saturated rings.